The second-order valence-corrected chi connectivity index (χ2v) is 3.95. The van der Waals surface area contributed by atoms with E-state index in [4.69, 9.17) is 9.68 Å². The molecule has 0 unspecified atom stereocenters. The van der Waals surface area contributed by atoms with Crippen molar-refractivity contribution in [2.75, 3.05) is 6.79 Å². The molecular formula is C15H12F2N2O2. The lowest BCUT2D eigenvalue weighted by atomic mass is 10.2. The van der Waals surface area contributed by atoms with Crippen LogP contribution in [0.3, 0.4) is 0 Å². The fourth-order valence-corrected chi connectivity index (χ4v) is 1.38. The Kier molecular flexibility index (Phi) is 5.40. The molecule has 0 amide bonds. The molecule has 0 aliphatic rings. The van der Waals surface area contributed by atoms with Gasteiger partial charge < -0.3 is 9.68 Å². The Morgan fingerprint density at radius 3 is 1.48 bits per heavy atom. The highest BCUT2D eigenvalue weighted by Crippen LogP contribution is 2.01. The molecule has 0 heterocycles. The lowest BCUT2D eigenvalue weighted by Crippen LogP contribution is -1.92. The molecule has 21 heavy (non-hydrogen) atoms. The van der Waals surface area contributed by atoms with E-state index < -0.39 is 0 Å². The van der Waals surface area contributed by atoms with E-state index in [9.17, 15) is 8.78 Å². The number of halogens is 2. The molecule has 0 aliphatic heterocycles. The fraction of sp³-hybridized carbons (Fsp3) is 0.0667. The molecule has 0 saturated heterocycles. The van der Waals surface area contributed by atoms with E-state index in [1.807, 2.05) is 0 Å². The molecule has 0 spiro atoms. The maximum atomic E-state index is 12.6. The van der Waals surface area contributed by atoms with Crippen molar-refractivity contribution in [1.29, 1.82) is 0 Å². The summed E-state index contributed by atoms with van der Waals surface area (Å²) in [7, 11) is 0. The predicted octanol–water partition coefficient (Wildman–Crippen LogP) is 3.32. The van der Waals surface area contributed by atoms with Crippen molar-refractivity contribution in [2.24, 2.45) is 10.3 Å². The number of benzene rings is 2. The maximum absolute atomic E-state index is 12.6. The van der Waals surface area contributed by atoms with Crippen LogP contribution in [0.5, 0.6) is 0 Å². The molecule has 0 saturated carbocycles. The van der Waals surface area contributed by atoms with Crippen molar-refractivity contribution in [3.63, 3.8) is 0 Å². The number of nitrogens with zero attached hydrogens (tertiary/aromatic N) is 2. The van der Waals surface area contributed by atoms with Crippen molar-refractivity contribution in [2.45, 2.75) is 0 Å². The summed E-state index contributed by atoms with van der Waals surface area (Å²) in [6.07, 6.45) is 2.85. The molecule has 0 aliphatic carbocycles. The van der Waals surface area contributed by atoms with Crippen LogP contribution in [0.1, 0.15) is 11.1 Å². The first kappa shape index (κ1) is 14.6. The van der Waals surface area contributed by atoms with Crippen LogP contribution in [0, 0.1) is 11.6 Å². The third kappa shape index (κ3) is 5.40. The van der Waals surface area contributed by atoms with Gasteiger partial charge >= 0.3 is 0 Å². The third-order valence-corrected chi connectivity index (χ3v) is 2.40. The summed E-state index contributed by atoms with van der Waals surface area (Å²) < 4.78 is 25.3. The molecule has 6 heteroatoms. The lowest BCUT2D eigenvalue weighted by Gasteiger charge is -1.97. The van der Waals surface area contributed by atoms with E-state index in [1.165, 1.54) is 36.7 Å². The van der Waals surface area contributed by atoms with Crippen LogP contribution in [0.4, 0.5) is 8.78 Å². The van der Waals surface area contributed by atoms with Crippen LogP contribution in [-0.4, -0.2) is 19.2 Å². The molecule has 2 rings (SSSR count). The molecule has 2 aromatic rings. The van der Waals surface area contributed by atoms with Crippen LogP contribution in [0.2, 0.25) is 0 Å². The summed E-state index contributed by atoms with van der Waals surface area (Å²) in [4.78, 5) is 9.61. The first-order valence-electron chi connectivity index (χ1n) is 6.06. The monoisotopic (exact) mass is 290 g/mol. The highest BCUT2D eigenvalue weighted by molar-refractivity contribution is 5.79. The Bertz CT molecular complexity index is 555. The first-order chi connectivity index (χ1) is 10.2. The minimum atomic E-state index is -0.313. The topological polar surface area (TPSA) is 43.2 Å². The van der Waals surface area contributed by atoms with Gasteiger partial charge in [0.15, 0.2) is 0 Å². The number of hydrogen-bond acceptors (Lipinski definition) is 4. The molecule has 0 fully saturated rings. The molecule has 4 nitrogen and oxygen atoms in total. The Morgan fingerprint density at radius 2 is 1.10 bits per heavy atom. The second-order valence-electron chi connectivity index (χ2n) is 3.95. The fourth-order valence-electron chi connectivity index (χ4n) is 1.38. The van der Waals surface area contributed by atoms with Gasteiger partial charge in [-0.3, -0.25) is 0 Å². The Hall–Kier alpha value is -2.76. The molecule has 0 N–H and O–H groups in total. The predicted molar refractivity (Wildman–Crippen MR) is 75.0 cm³/mol. The Morgan fingerprint density at radius 1 is 0.714 bits per heavy atom. The zero-order valence-corrected chi connectivity index (χ0v) is 10.9. The van der Waals surface area contributed by atoms with Gasteiger partial charge in [0.1, 0.15) is 11.6 Å². The van der Waals surface area contributed by atoms with Crippen LogP contribution in [0.25, 0.3) is 0 Å². The van der Waals surface area contributed by atoms with E-state index >= 15 is 0 Å². The lowest BCUT2D eigenvalue weighted by molar-refractivity contribution is -0.0493. The van der Waals surface area contributed by atoms with Crippen LogP contribution in [0.15, 0.2) is 58.8 Å². The average Bonchev–Trinajstić information content (AvgIpc) is 2.50. The summed E-state index contributed by atoms with van der Waals surface area (Å²) in [6.45, 7) is -0.171. The van der Waals surface area contributed by atoms with Gasteiger partial charge in [0, 0.05) is 0 Å². The van der Waals surface area contributed by atoms with E-state index in [-0.39, 0.29) is 18.4 Å². The molecule has 0 radical (unpaired) electrons. The van der Waals surface area contributed by atoms with Gasteiger partial charge in [-0.05, 0) is 35.4 Å². The molecule has 0 atom stereocenters. The van der Waals surface area contributed by atoms with Gasteiger partial charge in [-0.1, -0.05) is 34.6 Å². The van der Waals surface area contributed by atoms with Gasteiger partial charge in [-0.2, -0.15) is 0 Å². The third-order valence-electron chi connectivity index (χ3n) is 2.40. The summed E-state index contributed by atoms with van der Waals surface area (Å²) in [6, 6.07) is 11.6. The maximum Gasteiger partial charge on any atom is 0.280 e. The van der Waals surface area contributed by atoms with Crippen molar-refractivity contribution in [3.05, 3.63) is 71.3 Å². The molecule has 2 aromatic carbocycles. The smallest absolute Gasteiger partial charge is 0.280 e. The highest BCUT2D eigenvalue weighted by Gasteiger charge is 1.91. The van der Waals surface area contributed by atoms with Crippen molar-refractivity contribution in [1.82, 2.24) is 0 Å². The zero-order chi connectivity index (χ0) is 14.9. The Labute approximate surface area is 120 Å². The minimum absolute atomic E-state index is 0.171. The summed E-state index contributed by atoms with van der Waals surface area (Å²) in [5.74, 6) is -0.627. The van der Waals surface area contributed by atoms with Gasteiger partial charge in [-0.15, -0.1) is 0 Å². The van der Waals surface area contributed by atoms with Crippen LogP contribution < -0.4 is 0 Å². The van der Waals surface area contributed by atoms with E-state index in [2.05, 4.69) is 10.3 Å². The summed E-state index contributed by atoms with van der Waals surface area (Å²) >= 11 is 0. The summed E-state index contributed by atoms with van der Waals surface area (Å²) in [5, 5.41) is 7.26. The van der Waals surface area contributed by atoms with Gasteiger partial charge in [0.05, 0.1) is 12.4 Å². The Balaban J connectivity index is 1.67. The van der Waals surface area contributed by atoms with Crippen molar-refractivity contribution in [3.8, 4) is 0 Å². The van der Waals surface area contributed by atoms with Crippen LogP contribution >= 0.6 is 0 Å². The minimum Gasteiger partial charge on any atom is -0.352 e. The van der Waals surface area contributed by atoms with E-state index in [0.29, 0.717) is 11.1 Å². The zero-order valence-electron chi connectivity index (χ0n) is 10.9. The SMILES string of the molecule is Fc1ccc(/C=N/OCO/N=C/c2ccc(F)cc2)cc1. The van der Waals surface area contributed by atoms with Gasteiger partial charge in [0.2, 0.25) is 0 Å². The average molecular weight is 290 g/mol. The number of hydrogen-bond donors (Lipinski definition) is 0. The number of oxime groups is 2. The van der Waals surface area contributed by atoms with Crippen molar-refractivity contribution >= 4 is 12.4 Å². The number of rotatable bonds is 6. The van der Waals surface area contributed by atoms with Crippen molar-refractivity contribution < 1.29 is 18.5 Å². The van der Waals surface area contributed by atoms with Crippen LogP contribution in [-0.2, 0) is 9.68 Å². The standard InChI is InChI=1S/C15H12F2N2O2/c16-14-5-1-12(2-6-14)9-18-20-11-21-19-10-13-3-7-15(17)8-4-13/h1-10H,11H2/b18-9+,19-10+. The molecular weight excluding hydrogens is 278 g/mol. The quantitative estimate of drug-likeness (QED) is 0.354. The second kappa shape index (κ2) is 7.74. The normalized spacial score (nSPS) is 11.1. The van der Waals surface area contributed by atoms with E-state index in [1.54, 1.807) is 24.3 Å². The van der Waals surface area contributed by atoms with Gasteiger partial charge in [0.25, 0.3) is 6.79 Å². The molecule has 0 bridgehead atoms. The van der Waals surface area contributed by atoms with Gasteiger partial charge in [-0.25, -0.2) is 8.78 Å². The summed E-state index contributed by atoms with van der Waals surface area (Å²) in [5.41, 5.74) is 1.40. The largest absolute Gasteiger partial charge is 0.352 e. The molecule has 0 aromatic heterocycles. The molecule has 108 valence electrons. The first-order valence-corrected chi connectivity index (χ1v) is 6.06. The highest BCUT2D eigenvalue weighted by atomic mass is 19.1. The van der Waals surface area contributed by atoms with E-state index in [0.717, 1.165) is 0 Å².